The van der Waals surface area contributed by atoms with Gasteiger partial charge in [-0.05, 0) is 36.2 Å². The Morgan fingerprint density at radius 2 is 1.71 bits per heavy atom. The molecule has 1 fully saturated rings. The second kappa shape index (κ2) is 11.0. The number of nitrogens with zero attached hydrogens (tertiary/aromatic N) is 3. The van der Waals surface area contributed by atoms with Crippen LogP contribution in [-0.4, -0.2) is 75.6 Å². The molecule has 3 amide bonds. The molecule has 0 radical (unpaired) electrons. The number of pyridine rings is 1. The van der Waals surface area contributed by atoms with Gasteiger partial charge in [0.05, 0.1) is 12.5 Å². The summed E-state index contributed by atoms with van der Waals surface area (Å²) in [7, 11) is 0. The Morgan fingerprint density at radius 1 is 1.06 bits per heavy atom. The van der Waals surface area contributed by atoms with Gasteiger partial charge in [-0.2, -0.15) is 0 Å². The number of piperazine rings is 1. The van der Waals surface area contributed by atoms with E-state index < -0.39 is 23.8 Å². The molecule has 2 heterocycles. The number of carboxylic acids is 1. The molecule has 11 heteroatoms. The van der Waals surface area contributed by atoms with Crippen LogP contribution in [0, 0.1) is 5.41 Å². The molecule has 3 rings (SSSR count). The third kappa shape index (κ3) is 5.94. The summed E-state index contributed by atoms with van der Waals surface area (Å²) < 4.78 is 0. The number of hydrogen-bond acceptors (Lipinski definition) is 6. The van der Waals surface area contributed by atoms with Crippen LogP contribution in [0.3, 0.4) is 0 Å². The Bertz CT molecular complexity index is 1070. The van der Waals surface area contributed by atoms with Crippen LogP contribution >= 0.6 is 0 Å². The normalized spacial score (nSPS) is 14.6. The topological polar surface area (TPSA) is 170 Å². The first-order chi connectivity index (χ1) is 16.3. The van der Waals surface area contributed by atoms with Crippen molar-refractivity contribution in [3.05, 3.63) is 65.5 Å². The summed E-state index contributed by atoms with van der Waals surface area (Å²) in [6.45, 7) is 1.06. The van der Waals surface area contributed by atoms with Crippen molar-refractivity contribution in [3.8, 4) is 0 Å². The average molecular weight is 466 g/mol. The van der Waals surface area contributed by atoms with Crippen molar-refractivity contribution < 1.29 is 24.3 Å². The maximum atomic E-state index is 12.8. The number of aromatic nitrogens is 1. The summed E-state index contributed by atoms with van der Waals surface area (Å²) in [5.74, 6) is -2.89. The molecule has 1 aliphatic heterocycles. The van der Waals surface area contributed by atoms with Gasteiger partial charge in [-0.1, -0.05) is 12.1 Å². The largest absolute Gasteiger partial charge is 0.481 e. The first-order valence-electron chi connectivity index (χ1n) is 10.7. The number of amidine groups is 1. The molecule has 0 aliphatic carbocycles. The average Bonchev–Trinajstić information content (AvgIpc) is 2.83. The minimum atomic E-state index is -1.07. The highest BCUT2D eigenvalue weighted by Crippen LogP contribution is 2.26. The Hall–Kier alpha value is -4.28. The Kier molecular flexibility index (Phi) is 7.91. The second-order valence-corrected chi connectivity index (χ2v) is 7.79. The van der Waals surface area contributed by atoms with E-state index in [0.717, 1.165) is 0 Å². The number of aliphatic carboxylic acids is 1. The monoisotopic (exact) mass is 466 g/mol. The number of hydrogen-bond donors (Lipinski definition) is 4. The van der Waals surface area contributed by atoms with E-state index in [-0.39, 0.29) is 37.8 Å². The quantitative estimate of drug-likeness (QED) is 0.170. The summed E-state index contributed by atoms with van der Waals surface area (Å²) in [6, 6.07) is 8.83. The van der Waals surface area contributed by atoms with E-state index in [4.69, 9.17) is 11.1 Å². The third-order valence-electron chi connectivity index (χ3n) is 5.53. The van der Waals surface area contributed by atoms with E-state index in [1.54, 1.807) is 36.4 Å². The van der Waals surface area contributed by atoms with Crippen LogP contribution in [0.2, 0.25) is 0 Å². The Labute approximate surface area is 196 Å². The molecular formula is C23H26N6O5. The van der Waals surface area contributed by atoms with Gasteiger partial charge in [0.1, 0.15) is 5.84 Å². The maximum absolute atomic E-state index is 12.8. The van der Waals surface area contributed by atoms with Crippen LogP contribution in [0.25, 0.3) is 0 Å². The minimum Gasteiger partial charge on any atom is -0.481 e. The highest BCUT2D eigenvalue weighted by molar-refractivity contribution is 6.35. The van der Waals surface area contributed by atoms with Gasteiger partial charge in [0.15, 0.2) is 0 Å². The van der Waals surface area contributed by atoms with Crippen molar-refractivity contribution in [2.75, 3.05) is 26.2 Å². The number of nitrogens with two attached hydrogens (primary N) is 1. The van der Waals surface area contributed by atoms with Gasteiger partial charge >= 0.3 is 17.8 Å². The SMILES string of the molecule is N=C(N)c1ccc(C(=O)NCCCN2CCN(C(CC(=O)O)c3ccncc3)C(=O)C2=O)cc1. The summed E-state index contributed by atoms with van der Waals surface area (Å²) in [4.78, 5) is 55.6. The number of carbonyl (C=O) groups excluding carboxylic acids is 3. The lowest BCUT2D eigenvalue weighted by atomic mass is 10.0. The summed E-state index contributed by atoms with van der Waals surface area (Å²) in [5.41, 5.74) is 6.95. The van der Waals surface area contributed by atoms with E-state index >= 15 is 0 Å². The number of carboxylic acid groups (broad SMARTS) is 1. The number of nitrogens with one attached hydrogen (secondary N) is 2. The molecule has 0 bridgehead atoms. The number of amides is 3. The van der Waals surface area contributed by atoms with Gasteiger partial charge in [0, 0.05) is 49.7 Å². The van der Waals surface area contributed by atoms with Crippen LogP contribution in [0.15, 0.2) is 48.8 Å². The molecule has 178 valence electrons. The maximum Gasteiger partial charge on any atom is 0.312 e. The van der Waals surface area contributed by atoms with Crippen LogP contribution in [0.1, 0.15) is 40.4 Å². The molecule has 5 N–H and O–H groups in total. The minimum absolute atomic E-state index is 0.0821. The van der Waals surface area contributed by atoms with Crippen molar-refractivity contribution >= 4 is 29.5 Å². The Morgan fingerprint density at radius 3 is 2.32 bits per heavy atom. The highest BCUT2D eigenvalue weighted by Gasteiger charge is 2.37. The van der Waals surface area contributed by atoms with E-state index in [1.165, 1.54) is 22.2 Å². The molecule has 1 aliphatic rings. The number of nitrogen functional groups attached to an aromatic ring is 1. The highest BCUT2D eigenvalue weighted by atomic mass is 16.4. The van der Waals surface area contributed by atoms with Crippen LogP contribution in [0.4, 0.5) is 0 Å². The van der Waals surface area contributed by atoms with Crippen molar-refractivity contribution in [3.63, 3.8) is 0 Å². The van der Waals surface area contributed by atoms with E-state index in [9.17, 15) is 24.3 Å². The molecule has 2 aromatic rings. The van der Waals surface area contributed by atoms with Gasteiger partial charge in [-0.25, -0.2) is 0 Å². The fourth-order valence-corrected chi connectivity index (χ4v) is 3.73. The molecule has 0 saturated carbocycles. The summed E-state index contributed by atoms with van der Waals surface area (Å²) in [6.07, 6.45) is 3.15. The zero-order chi connectivity index (χ0) is 24.7. The molecule has 1 atom stereocenters. The molecule has 1 aromatic carbocycles. The first kappa shape index (κ1) is 24.4. The summed E-state index contributed by atoms with van der Waals surface area (Å²) >= 11 is 0. The van der Waals surface area contributed by atoms with Crippen molar-refractivity contribution in [2.24, 2.45) is 5.73 Å². The molecule has 1 aromatic heterocycles. The Balaban J connectivity index is 1.52. The smallest absolute Gasteiger partial charge is 0.312 e. The molecule has 0 spiro atoms. The van der Waals surface area contributed by atoms with E-state index in [1.807, 2.05) is 0 Å². The van der Waals surface area contributed by atoms with Crippen molar-refractivity contribution in [1.29, 1.82) is 5.41 Å². The molecule has 1 unspecified atom stereocenters. The lowest BCUT2D eigenvalue weighted by molar-refractivity contribution is -0.159. The predicted octanol–water partition coefficient (Wildman–Crippen LogP) is 0.372. The lowest BCUT2D eigenvalue weighted by Crippen LogP contribution is -2.55. The fourth-order valence-electron chi connectivity index (χ4n) is 3.73. The van der Waals surface area contributed by atoms with Crippen LogP contribution in [0.5, 0.6) is 0 Å². The fraction of sp³-hybridized carbons (Fsp3) is 0.304. The number of rotatable bonds is 10. The molecular weight excluding hydrogens is 440 g/mol. The van der Waals surface area contributed by atoms with Crippen LogP contribution < -0.4 is 11.1 Å². The third-order valence-corrected chi connectivity index (χ3v) is 5.53. The molecule has 1 saturated heterocycles. The summed E-state index contributed by atoms with van der Waals surface area (Å²) in [5, 5.41) is 19.4. The van der Waals surface area contributed by atoms with Gasteiger partial charge in [-0.15, -0.1) is 0 Å². The molecule has 11 nitrogen and oxygen atoms in total. The van der Waals surface area contributed by atoms with Crippen LogP contribution in [-0.2, 0) is 14.4 Å². The van der Waals surface area contributed by atoms with Gasteiger partial charge in [0.25, 0.3) is 5.91 Å². The van der Waals surface area contributed by atoms with E-state index in [0.29, 0.717) is 29.7 Å². The molecule has 34 heavy (non-hydrogen) atoms. The van der Waals surface area contributed by atoms with Gasteiger partial charge in [-0.3, -0.25) is 29.6 Å². The second-order valence-electron chi connectivity index (χ2n) is 7.79. The van der Waals surface area contributed by atoms with Crippen molar-refractivity contribution in [1.82, 2.24) is 20.1 Å². The van der Waals surface area contributed by atoms with Crippen molar-refractivity contribution in [2.45, 2.75) is 18.9 Å². The lowest BCUT2D eigenvalue weighted by Gasteiger charge is -2.38. The van der Waals surface area contributed by atoms with Gasteiger partial charge in [0.2, 0.25) is 0 Å². The van der Waals surface area contributed by atoms with Gasteiger partial charge < -0.3 is 26.0 Å². The van der Waals surface area contributed by atoms with E-state index in [2.05, 4.69) is 10.3 Å². The zero-order valence-electron chi connectivity index (χ0n) is 18.4. The first-order valence-corrected chi connectivity index (χ1v) is 10.7. The predicted molar refractivity (Wildman–Crippen MR) is 122 cm³/mol. The number of benzene rings is 1. The number of carbonyl (C=O) groups is 4. The standard InChI is InChI=1S/C23H26N6O5/c24-20(25)16-2-4-17(5-3-16)21(32)27-8-1-11-28-12-13-29(23(34)22(28)33)18(14-19(30)31)15-6-9-26-10-7-15/h2-7,9-10,18H,1,8,11-14H2,(H3,24,25)(H,27,32)(H,30,31). The zero-order valence-corrected chi connectivity index (χ0v) is 18.4.